The van der Waals surface area contributed by atoms with E-state index in [1.54, 1.807) is 14.1 Å². The van der Waals surface area contributed by atoms with E-state index in [0.717, 1.165) is 6.08 Å². The minimum atomic E-state index is -0.615. The molecule has 0 aromatic carbocycles. The summed E-state index contributed by atoms with van der Waals surface area (Å²) in [5.74, 6) is -0.622. The van der Waals surface area contributed by atoms with E-state index in [1.807, 2.05) is 13.8 Å². The fraction of sp³-hybridized carbons (Fsp3) is 0.467. The number of rotatable bonds is 6. The molecular weight excluding hydrogens is 298 g/mol. The number of nitrogens with one attached hydrogen (secondary N) is 2. The standard InChI is InChI=1S/C15H23N5O3/c1-7-11(21)18-10-8-17-13(19(10)5)15(23)20(6)12(9(2)3)14(22)16-4/h7-9,12H,1H2,2-6H3,(H,16,22)(H,18,21)/t12-/m0/s1. The zero-order valence-electron chi connectivity index (χ0n) is 14.1. The number of imidazole rings is 1. The third-order valence-corrected chi connectivity index (χ3v) is 3.50. The number of carbonyl (C=O) groups excluding carboxylic acids is 3. The van der Waals surface area contributed by atoms with Gasteiger partial charge in [0.2, 0.25) is 17.6 Å². The Balaban J connectivity index is 3.06. The predicted octanol–water partition coefficient (Wildman–Crippen LogP) is 0.387. The molecule has 0 spiro atoms. The highest BCUT2D eigenvalue weighted by atomic mass is 16.2. The summed E-state index contributed by atoms with van der Waals surface area (Å²) in [6.45, 7) is 7.08. The molecule has 23 heavy (non-hydrogen) atoms. The first-order valence-corrected chi connectivity index (χ1v) is 7.18. The normalized spacial score (nSPS) is 11.7. The summed E-state index contributed by atoms with van der Waals surface area (Å²) >= 11 is 0. The summed E-state index contributed by atoms with van der Waals surface area (Å²) in [6.07, 6.45) is 2.51. The molecule has 0 saturated heterocycles. The molecule has 1 aromatic heterocycles. The smallest absolute Gasteiger partial charge is 0.290 e. The average Bonchev–Trinajstić information content (AvgIpc) is 2.86. The second-order valence-electron chi connectivity index (χ2n) is 5.44. The summed E-state index contributed by atoms with van der Waals surface area (Å²) in [7, 11) is 4.69. The van der Waals surface area contributed by atoms with Gasteiger partial charge < -0.3 is 20.1 Å². The van der Waals surface area contributed by atoms with Crippen LogP contribution in [0.5, 0.6) is 0 Å². The van der Waals surface area contributed by atoms with Gasteiger partial charge in [-0.15, -0.1) is 0 Å². The van der Waals surface area contributed by atoms with Crippen LogP contribution >= 0.6 is 0 Å². The van der Waals surface area contributed by atoms with Crippen LogP contribution in [0.3, 0.4) is 0 Å². The number of hydrogen-bond acceptors (Lipinski definition) is 4. The number of aromatic nitrogens is 2. The first-order chi connectivity index (χ1) is 10.7. The van der Waals surface area contributed by atoms with Crippen LogP contribution in [-0.2, 0) is 16.6 Å². The van der Waals surface area contributed by atoms with E-state index in [2.05, 4.69) is 22.2 Å². The third kappa shape index (κ3) is 3.97. The lowest BCUT2D eigenvalue weighted by atomic mass is 10.0. The zero-order valence-corrected chi connectivity index (χ0v) is 14.1. The van der Waals surface area contributed by atoms with Gasteiger partial charge in [0, 0.05) is 21.1 Å². The number of nitrogens with zero attached hydrogens (tertiary/aromatic N) is 3. The summed E-state index contributed by atoms with van der Waals surface area (Å²) in [5, 5.41) is 5.11. The van der Waals surface area contributed by atoms with E-state index in [9.17, 15) is 14.4 Å². The van der Waals surface area contributed by atoms with Gasteiger partial charge in [0.15, 0.2) is 0 Å². The Kier molecular flexibility index (Phi) is 6.06. The van der Waals surface area contributed by atoms with Crippen LogP contribution in [0.15, 0.2) is 18.9 Å². The molecule has 8 nitrogen and oxygen atoms in total. The van der Waals surface area contributed by atoms with Crippen molar-refractivity contribution in [1.29, 1.82) is 0 Å². The predicted molar refractivity (Wildman–Crippen MR) is 86.8 cm³/mol. The molecule has 1 atom stereocenters. The van der Waals surface area contributed by atoms with Gasteiger partial charge in [-0.1, -0.05) is 20.4 Å². The first kappa shape index (κ1) is 18.4. The van der Waals surface area contributed by atoms with Gasteiger partial charge in [0.05, 0.1) is 6.20 Å². The topological polar surface area (TPSA) is 96.3 Å². The summed E-state index contributed by atoms with van der Waals surface area (Å²) < 4.78 is 1.46. The molecule has 0 aliphatic carbocycles. The number of anilines is 1. The molecule has 0 saturated carbocycles. The van der Waals surface area contributed by atoms with Crippen LogP contribution in [0.25, 0.3) is 0 Å². The molecule has 0 radical (unpaired) electrons. The van der Waals surface area contributed by atoms with Crippen LogP contribution in [0.4, 0.5) is 5.82 Å². The largest absolute Gasteiger partial charge is 0.357 e. The Morgan fingerprint density at radius 1 is 1.39 bits per heavy atom. The van der Waals surface area contributed by atoms with Crippen molar-refractivity contribution in [2.45, 2.75) is 19.9 Å². The Morgan fingerprint density at radius 3 is 2.48 bits per heavy atom. The number of amides is 3. The second-order valence-corrected chi connectivity index (χ2v) is 5.44. The quantitative estimate of drug-likeness (QED) is 0.741. The maximum atomic E-state index is 12.6. The average molecular weight is 321 g/mol. The Labute approximate surface area is 135 Å². The fourth-order valence-electron chi connectivity index (χ4n) is 2.26. The lowest BCUT2D eigenvalue weighted by Gasteiger charge is -2.29. The number of likely N-dealkylation sites (N-methyl/N-ethyl adjacent to an activating group) is 2. The van der Waals surface area contributed by atoms with Crippen LogP contribution in [0.2, 0.25) is 0 Å². The molecule has 1 heterocycles. The molecule has 0 bridgehead atoms. The van der Waals surface area contributed by atoms with Crippen LogP contribution in [0, 0.1) is 5.92 Å². The van der Waals surface area contributed by atoms with E-state index in [4.69, 9.17) is 0 Å². The van der Waals surface area contributed by atoms with Gasteiger partial charge in [-0.25, -0.2) is 4.98 Å². The van der Waals surface area contributed by atoms with Gasteiger partial charge >= 0.3 is 0 Å². The lowest BCUT2D eigenvalue weighted by Crippen LogP contribution is -2.50. The number of hydrogen-bond donors (Lipinski definition) is 2. The highest BCUT2D eigenvalue weighted by Crippen LogP contribution is 2.15. The van der Waals surface area contributed by atoms with Crippen molar-refractivity contribution in [2.75, 3.05) is 19.4 Å². The van der Waals surface area contributed by atoms with Crippen LogP contribution in [-0.4, -0.2) is 52.3 Å². The van der Waals surface area contributed by atoms with E-state index < -0.39 is 17.9 Å². The Morgan fingerprint density at radius 2 is 2.00 bits per heavy atom. The highest BCUT2D eigenvalue weighted by molar-refractivity contribution is 5.99. The van der Waals surface area contributed by atoms with Crippen molar-refractivity contribution in [1.82, 2.24) is 19.8 Å². The van der Waals surface area contributed by atoms with Crippen molar-refractivity contribution in [3.8, 4) is 0 Å². The Hall–Kier alpha value is -2.64. The third-order valence-electron chi connectivity index (χ3n) is 3.50. The maximum Gasteiger partial charge on any atom is 0.290 e. The minimum absolute atomic E-state index is 0.0656. The van der Waals surface area contributed by atoms with E-state index in [0.29, 0.717) is 5.82 Å². The summed E-state index contributed by atoms with van der Waals surface area (Å²) in [4.78, 5) is 41.4. The zero-order chi connectivity index (χ0) is 17.7. The fourth-order valence-corrected chi connectivity index (χ4v) is 2.26. The van der Waals surface area contributed by atoms with Crippen molar-refractivity contribution in [3.63, 3.8) is 0 Å². The second kappa shape index (κ2) is 7.57. The van der Waals surface area contributed by atoms with Crippen LogP contribution < -0.4 is 10.6 Å². The van der Waals surface area contributed by atoms with Gasteiger partial charge in [0.1, 0.15) is 11.9 Å². The van der Waals surface area contributed by atoms with E-state index >= 15 is 0 Å². The SMILES string of the molecule is C=CC(=O)Nc1cnc(C(=O)N(C)[C@H](C(=O)NC)C(C)C)n1C. The highest BCUT2D eigenvalue weighted by Gasteiger charge is 2.31. The van der Waals surface area contributed by atoms with Crippen molar-refractivity contribution < 1.29 is 14.4 Å². The van der Waals surface area contributed by atoms with E-state index in [1.165, 1.54) is 22.7 Å². The molecule has 0 aliphatic heterocycles. The van der Waals surface area contributed by atoms with Crippen LogP contribution in [0.1, 0.15) is 24.5 Å². The Bertz CT molecular complexity index is 621. The minimum Gasteiger partial charge on any atom is -0.357 e. The molecule has 1 rings (SSSR count). The van der Waals surface area contributed by atoms with Crippen molar-refractivity contribution in [2.24, 2.45) is 13.0 Å². The lowest BCUT2D eigenvalue weighted by molar-refractivity contribution is -0.126. The summed E-state index contributed by atoms with van der Waals surface area (Å²) in [5.41, 5.74) is 0. The van der Waals surface area contributed by atoms with Gasteiger partial charge in [-0.3, -0.25) is 14.4 Å². The van der Waals surface area contributed by atoms with Crippen molar-refractivity contribution in [3.05, 3.63) is 24.7 Å². The molecule has 3 amide bonds. The van der Waals surface area contributed by atoms with Gasteiger partial charge in [-0.2, -0.15) is 0 Å². The molecule has 1 aromatic rings. The molecule has 2 N–H and O–H groups in total. The molecular formula is C15H23N5O3. The van der Waals surface area contributed by atoms with E-state index in [-0.39, 0.29) is 17.6 Å². The van der Waals surface area contributed by atoms with Gasteiger partial charge in [-0.05, 0) is 12.0 Å². The van der Waals surface area contributed by atoms with Crippen molar-refractivity contribution >= 4 is 23.5 Å². The number of carbonyl (C=O) groups is 3. The molecule has 0 aliphatic rings. The first-order valence-electron chi connectivity index (χ1n) is 7.18. The molecule has 8 heteroatoms. The van der Waals surface area contributed by atoms with Gasteiger partial charge in [0.25, 0.3) is 5.91 Å². The molecule has 126 valence electrons. The summed E-state index contributed by atoms with van der Waals surface area (Å²) in [6, 6.07) is -0.615. The molecule has 0 unspecified atom stereocenters. The molecule has 0 fully saturated rings. The monoisotopic (exact) mass is 321 g/mol. The maximum absolute atomic E-state index is 12.6.